The van der Waals surface area contributed by atoms with E-state index >= 15 is 0 Å². The third kappa shape index (κ3) is 4.48. The lowest BCUT2D eigenvalue weighted by molar-refractivity contribution is 0.0690. The predicted octanol–water partition coefficient (Wildman–Crippen LogP) is 7.04. The van der Waals surface area contributed by atoms with Gasteiger partial charge in [-0.2, -0.15) is 0 Å². The van der Waals surface area contributed by atoms with E-state index in [1.165, 1.54) is 5.56 Å². The van der Waals surface area contributed by atoms with Crippen molar-refractivity contribution in [2.45, 2.75) is 36.0 Å². The number of hydrogen-bond donors (Lipinski definition) is 0. The Hall–Kier alpha value is -2.56. The first kappa shape index (κ1) is 21.3. The Bertz CT molecular complexity index is 1180. The molecule has 0 spiro atoms. The molecule has 32 heavy (non-hydrogen) atoms. The maximum Gasteiger partial charge on any atom is 0.253 e. The number of hydrogen-bond acceptors (Lipinski definition) is 3. The minimum absolute atomic E-state index is 0.105. The minimum Gasteiger partial charge on any atom is -0.339 e. The summed E-state index contributed by atoms with van der Waals surface area (Å²) < 4.78 is 0. The molecule has 0 atom stereocenters. The van der Waals surface area contributed by atoms with Gasteiger partial charge in [-0.05, 0) is 74.1 Å². The van der Waals surface area contributed by atoms with Crippen LogP contribution < -0.4 is 0 Å². The van der Waals surface area contributed by atoms with Crippen molar-refractivity contribution in [1.29, 1.82) is 0 Å². The highest BCUT2D eigenvalue weighted by Crippen LogP contribution is 2.41. The molecule has 162 valence electrons. The summed E-state index contributed by atoms with van der Waals surface area (Å²) in [5.74, 6) is 0.746. The molecular weight excluding hydrogens is 436 g/mol. The van der Waals surface area contributed by atoms with Crippen LogP contribution in [0.1, 0.15) is 41.3 Å². The molecule has 2 heterocycles. The molecule has 1 fully saturated rings. The van der Waals surface area contributed by atoms with Crippen LogP contribution in [0.2, 0.25) is 5.02 Å². The van der Waals surface area contributed by atoms with E-state index in [2.05, 4.69) is 30.3 Å². The third-order valence-corrected chi connectivity index (χ3v) is 7.69. The van der Waals surface area contributed by atoms with Gasteiger partial charge in [0, 0.05) is 44.7 Å². The first-order valence-electron chi connectivity index (χ1n) is 11.1. The molecule has 3 aromatic carbocycles. The van der Waals surface area contributed by atoms with Gasteiger partial charge < -0.3 is 4.90 Å². The molecule has 3 aromatic rings. The van der Waals surface area contributed by atoms with E-state index in [9.17, 15) is 4.79 Å². The summed E-state index contributed by atoms with van der Waals surface area (Å²) in [5.41, 5.74) is 4.92. The number of nitrogens with zero attached hydrogens (tertiary/aromatic N) is 2. The second-order valence-electron chi connectivity index (χ2n) is 8.55. The summed E-state index contributed by atoms with van der Waals surface area (Å²) in [5, 5.41) is 0.705. The van der Waals surface area contributed by atoms with Crippen LogP contribution in [0.25, 0.3) is 0 Å². The van der Waals surface area contributed by atoms with Gasteiger partial charge in [0.15, 0.2) is 0 Å². The highest BCUT2D eigenvalue weighted by atomic mass is 35.5. The number of carbonyl (C=O) groups is 1. The minimum atomic E-state index is 0.105. The average molecular weight is 461 g/mol. The topological polar surface area (TPSA) is 32.7 Å². The highest BCUT2D eigenvalue weighted by molar-refractivity contribution is 7.99. The van der Waals surface area contributed by atoms with E-state index in [1.54, 1.807) is 11.8 Å². The maximum atomic E-state index is 13.2. The predicted molar refractivity (Wildman–Crippen MR) is 133 cm³/mol. The van der Waals surface area contributed by atoms with Gasteiger partial charge in [0.1, 0.15) is 0 Å². The molecule has 0 radical (unpaired) electrons. The summed E-state index contributed by atoms with van der Waals surface area (Å²) in [6.07, 6.45) is 3.20. The van der Waals surface area contributed by atoms with Crippen LogP contribution in [0.5, 0.6) is 0 Å². The van der Waals surface area contributed by atoms with Crippen LogP contribution in [-0.4, -0.2) is 29.6 Å². The van der Waals surface area contributed by atoms with Crippen LogP contribution >= 0.6 is 23.4 Å². The van der Waals surface area contributed by atoms with Crippen LogP contribution in [0.15, 0.2) is 81.5 Å². The smallest absolute Gasteiger partial charge is 0.253 e. The Labute approximate surface area is 198 Å². The normalized spacial score (nSPS) is 16.1. The molecular formula is C27H25ClN2OS. The van der Waals surface area contributed by atoms with Crippen LogP contribution in [-0.2, 0) is 6.42 Å². The van der Waals surface area contributed by atoms with Crippen molar-refractivity contribution in [1.82, 2.24) is 4.90 Å². The van der Waals surface area contributed by atoms with Crippen molar-refractivity contribution in [3.63, 3.8) is 0 Å². The van der Waals surface area contributed by atoms with Crippen LogP contribution in [0.3, 0.4) is 0 Å². The number of piperidine rings is 1. The summed E-state index contributed by atoms with van der Waals surface area (Å²) >= 11 is 7.88. The third-order valence-electron chi connectivity index (χ3n) is 6.31. The van der Waals surface area contributed by atoms with Gasteiger partial charge >= 0.3 is 0 Å². The largest absolute Gasteiger partial charge is 0.339 e. The molecule has 1 saturated heterocycles. The fourth-order valence-electron chi connectivity index (χ4n) is 4.53. The average Bonchev–Trinajstić information content (AvgIpc) is 2.95. The first-order valence-corrected chi connectivity index (χ1v) is 12.3. The van der Waals surface area contributed by atoms with Gasteiger partial charge in [-0.1, -0.05) is 53.7 Å². The number of likely N-dealkylation sites (tertiary alicyclic amines) is 1. The fraction of sp³-hybridized carbons (Fsp3) is 0.259. The summed E-state index contributed by atoms with van der Waals surface area (Å²) in [6, 6.07) is 22.5. The Kier molecular flexibility index (Phi) is 6.07. The fourth-order valence-corrected chi connectivity index (χ4v) is 5.73. The molecule has 5 rings (SSSR count). The number of fused-ring (bicyclic) bond motifs is 2. The lowest BCUT2D eigenvalue weighted by Crippen LogP contribution is -2.38. The molecule has 0 aliphatic carbocycles. The maximum absolute atomic E-state index is 13.2. The van der Waals surface area contributed by atoms with Crippen molar-refractivity contribution < 1.29 is 4.79 Å². The number of amides is 1. The lowest BCUT2D eigenvalue weighted by Gasteiger charge is -2.32. The number of halogens is 1. The van der Waals surface area contributed by atoms with Crippen LogP contribution in [0, 0.1) is 5.92 Å². The number of aliphatic imine (C=N–C) groups is 1. The number of benzene rings is 3. The van der Waals surface area contributed by atoms with Crippen molar-refractivity contribution in [2.75, 3.05) is 13.1 Å². The monoisotopic (exact) mass is 460 g/mol. The van der Waals surface area contributed by atoms with Crippen molar-refractivity contribution in [3.05, 3.63) is 88.4 Å². The molecule has 0 N–H and O–H groups in total. The van der Waals surface area contributed by atoms with Gasteiger partial charge in [-0.25, -0.2) is 0 Å². The Morgan fingerprint density at radius 2 is 1.78 bits per heavy atom. The van der Waals surface area contributed by atoms with Gasteiger partial charge in [0.25, 0.3) is 5.91 Å². The Morgan fingerprint density at radius 3 is 2.56 bits per heavy atom. The van der Waals surface area contributed by atoms with Gasteiger partial charge in [-0.15, -0.1) is 0 Å². The second kappa shape index (κ2) is 9.13. The van der Waals surface area contributed by atoms with Crippen molar-refractivity contribution >= 4 is 40.7 Å². The Balaban J connectivity index is 1.30. The summed E-state index contributed by atoms with van der Waals surface area (Å²) in [6.45, 7) is 3.62. The van der Waals surface area contributed by atoms with E-state index in [-0.39, 0.29) is 5.91 Å². The standard InChI is InChI=1S/C27H25ClN2OS/c1-18-23-17-22(28)8-10-25(23)32-26-9-7-21(16-24(26)29-18)27(31)30-13-11-20(12-14-30)15-19-5-3-2-4-6-19/h2-10,16-17,20H,11-15H2,1H3. The first-order chi connectivity index (χ1) is 15.6. The number of carbonyl (C=O) groups excluding carboxylic acids is 1. The molecule has 5 heteroatoms. The van der Waals surface area contributed by atoms with E-state index in [1.807, 2.05) is 48.2 Å². The zero-order valence-corrected chi connectivity index (χ0v) is 19.6. The molecule has 0 saturated carbocycles. The zero-order valence-electron chi connectivity index (χ0n) is 18.1. The van der Waals surface area contributed by atoms with Crippen molar-refractivity contribution in [3.8, 4) is 0 Å². The molecule has 2 aliphatic heterocycles. The quantitative estimate of drug-likeness (QED) is 0.419. The molecule has 0 bridgehead atoms. The summed E-state index contributed by atoms with van der Waals surface area (Å²) in [7, 11) is 0. The zero-order chi connectivity index (χ0) is 22.1. The van der Waals surface area contributed by atoms with Crippen molar-refractivity contribution in [2.24, 2.45) is 10.9 Å². The van der Waals surface area contributed by atoms with Gasteiger partial charge in [-0.3, -0.25) is 9.79 Å². The van der Waals surface area contributed by atoms with Crippen LogP contribution in [0.4, 0.5) is 5.69 Å². The number of rotatable bonds is 3. The SMILES string of the molecule is CC1=Nc2cc(C(=O)N3CCC(Cc4ccccc4)CC3)ccc2Sc2ccc(Cl)cc21. The van der Waals surface area contributed by atoms with Gasteiger partial charge in [0.05, 0.1) is 5.69 Å². The molecule has 0 aromatic heterocycles. The highest BCUT2D eigenvalue weighted by Gasteiger charge is 2.25. The van der Waals surface area contributed by atoms with E-state index < -0.39 is 0 Å². The van der Waals surface area contributed by atoms with E-state index in [4.69, 9.17) is 16.6 Å². The summed E-state index contributed by atoms with van der Waals surface area (Å²) in [4.78, 5) is 22.3. The molecule has 2 aliphatic rings. The molecule has 0 unspecified atom stereocenters. The van der Waals surface area contributed by atoms with E-state index in [0.29, 0.717) is 16.5 Å². The van der Waals surface area contributed by atoms with E-state index in [0.717, 1.165) is 59.1 Å². The van der Waals surface area contributed by atoms with Gasteiger partial charge in [0.2, 0.25) is 0 Å². The second-order valence-corrected chi connectivity index (χ2v) is 10.1. The lowest BCUT2D eigenvalue weighted by atomic mass is 9.90. The Morgan fingerprint density at radius 1 is 1.03 bits per heavy atom. The molecule has 1 amide bonds. The molecule has 3 nitrogen and oxygen atoms in total.